The van der Waals surface area contributed by atoms with E-state index in [1.165, 1.54) is 18.3 Å². The van der Waals surface area contributed by atoms with Crippen molar-refractivity contribution in [3.8, 4) is 17.1 Å². The molecule has 0 aliphatic rings. The molecule has 0 aliphatic heterocycles. The lowest BCUT2D eigenvalue weighted by Crippen LogP contribution is -2.39. The molecule has 0 bridgehead atoms. The maximum absolute atomic E-state index is 13.4. The van der Waals surface area contributed by atoms with E-state index in [2.05, 4.69) is 4.98 Å². The molecule has 34 heavy (non-hydrogen) atoms. The number of aromatic nitrogens is 2. The second-order valence-electron chi connectivity index (χ2n) is 6.97. The summed E-state index contributed by atoms with van der Waals surface area (Å²) in [4.78, 5) is 17.5. The lowest BCUT2D eigenvalue weighted by atomic mass is 10.1. The Balaban J connectivity index is 0.00000324. The van der Waals surface area contributed by atoms with Crippen LogP contribution in [-0.4, -0.2) is 15.5 Å². The number of imidazole rings is 1. The number of rotatable bonds is 4. The minimum Gasteiger partial charge on any atom is -0.299 e. The van der Waals surface area contributed by atoms with Crippen molar-refractivity contribution in [2.75, 3.05) is 5.01 Å². The molecule has 2 N–H and O–H groups in total. The number of halogens is 6. The Morgan fingerprint density at radius 1 is 0.941 bits per heavy atom. The van der Waals surface area contributed by atoms with Gasteiger partial charge in [0.15, 0.2) is 0 Å². The average Bonchev–Trinajstić information content (AvgIpc) is 3.23. The summed E-state index contributed by atoms with van der Waals surface area (Å²) in [6, 6.07) is 18.1. The highest BCUT2D eigenvalue weighted by atomic mass is 35.5. The highest BCUT2D eigenvalue weighted by molar-refractivity contribution is 6.33. The second kappa shape index (κ2) is 10.1. The zero-order valence-corrected chi connectivity index (χ0v) is 19.5. The third kappa shape index (κ3) is 5.05. The number of carbonyl (C=O) groups excluding carboxylic acids is 1. The van der Waals surface area contributed by atoms with Gasteiger partial charge in [0.05, 0.1) is 16.3 Å². The van der Waals surface area contributed by atoms with E-state index in [-0.39, 0.29) is 18.1 Å². The minimum absolute atomic E-state index is 0. The lowest BCUT2D eigenvalue weighted by Gasteiger charge is -2.20. The Morgan fingerprint density at radius 3 is 2.21 bits per heavy atom. The first kappa shape index (κ1) is 25.6. The maximum Gasteiger partial charge on any atom is 0.418 e. The van der Waals surface area contributed by atoms with Crippen LogP contribution >= 0.6 is 35.6 Å². The Morgan fingerprint density at radius 2 is 1.56 bits per heavy atom. The van der Waals surface area contributed by atoms with Gasteiger partial charge in [0.1, 0.15) is 11.5 Å². The molecule has 0 aliphatic carbocycles. The summed E-state index contributed by atoms with van der Waals surface area (Å²) in [6.45, 7) is 0. The van der Waals surface area contributed by atoms with Gasteiger partial charge in [0.25, 0.3) is 5.91 Å². The number of hydrogen-bond donors (Lipinski definition) is 1. The molecule has 0 saturated carbocycles. The number of para-hydroxylation sites is 1. The maximum atomic E-state index is 13.4. The first-order valence-corrected chi connectivity index (χ1v) is 10.3. The fourth-order valence-corrected chi connectivity index (χ4v) is 3.62. The summed E-state index contributed by atoms with van der Waals surface area (Å²) in [5, 5.41) is 1.32. The van der Waals surface area contributed by atoms with Gasteiger partial charge in [-0.15, -0.1) is 12.4 Å². The monoisotopic (exact) mass is 526 g/mol. The van der Waals surface area contributed by atoms with E-state index in [1.54, 1.807) is 53.1 Å². The summed E-state index contributed by atoms with van der Waals surface area (Å²) in [6.07, 6.45) is -3.31. The standard InChI is InChI=1S/C23H15Cl2F3N4O.ClH/c24-14-9-11-15(12-10-14)31-13-19(30-21(31)16-5-1-3-7-18(16)25)22(33)32(29)20-8-4-2-6-17(20)23(26,27)28;/h1-13H,29H2;1H. The zero-order valence-electron chi connectivity index (χ0n) is 17.1. The number of carbonyl (C=O) groups is 1. The van der Waals surface area contributed by atoms with E-state index >= 15 is 0 Å². The largest absolute Gasteiger partial charge is 0.418 e. The molecule has 4 aromatic rings. The summed E-state index contributed by atoms with van der Waals surface area (Å²) in [5.74, 6) is 5.23. The van der Waals surface area contributed by atoms with Crippen LogP contribution in [0.3, 0.4) is 0 Å². The predicted molar refractivity (Wildman–Crippen MR) is 129 cm³/mol. The van der Waals surface area contributed by atoms with E-state index < -0.39 is 23.3 Å². The van der Waals surface area contributed by atoms with Crippen LogP contribution in [0.1, 0.15) is 16.1 Å². The zero-order chi connectivity index (χ0) is 23.8. The van der Waals surface area contributed by atoms with E-state index in [0.717, 1.165) is 12.1 Å². The molecule has 0 fully saturated rings. The van der Waals surface area contributed by atoms with Crippen LogP contribution < -0.4 is 10.9 Å². The first-order valence-electron chi connectivity index (χ1n) is 9.52. The van der Waals surface area contributed by atoms with Crippen molar-refractivity contribution in [2.24, 2.45) is 5.84 Å². The van der Waals surface area contributed by atoms with Crippen LogP contribution in [0.4, 0.5) is 18.9 Å². The Hall–Kier alpha value is -3.04. The van der Waals surface area contributed by atoms with Crippen molar-refractivity contribution < 1.29 is 18.0 Å². The molecule has 1 amide bonds. The normalized spacial score (nSPS) is 11.1. The van der Waals surface area contributed by atoms with Crippen LogP contribution in [-0.2, 0) is 6.18 Å². The number of nitrogens with zero attached hydrogens (tertiary/aromatic N) is 3. The molecular weight excluding hydrogens is 512 g/mol. The summed E-state index contributed by atoms with van der Waals surface area (Å²) >= 11 is 12.3. The molecule has 0 atom stereocenters. The van der Waals surface area contributed by atoms with Crippen molar-refractivity contribution in [3.05, 3.63) is 100 Å². The lowest BCUT2D eigenvalue weighted by molar-refractivity contribution is -0.137. The summed E-state index contributed by atoms with van der Waals surface area (Å²) in [5.41, 5.74) is -0.563. The van der Waals surface area contributed by atoms with Crippen LogP contribution in [0, 0.1) is 0 Å². The van der Waals surface area contributed by atoms with E-state index in [4.69, 9.17) is 29.0 Å². The fourth-order valence-electron chi connectivity index (χ4n) is 3.27. The number of amides is 1. The third-order valence-electron chi connectivity index (χ3n) is 4.83. The highest BCUT2D eigenvalue weighted by Crippen LogP contribution is 2.36. The molecule has 0 spiro atoms. The predicted octanol–water partition coefficient (Wildman–Crippen LogP) is 6.81. The Labute approximate surface area is 208 Å². The second-order valence-corrected chi connectivity index (χ2v) is 7.81. The van der Waals surface area contributed by atoms with E-state index in [0.29, 0.717) is 32.1 Å². The SMILES string of the molecule is Cl.NN(C(=O)c1cn(-c2ccc(Cl)cc2)c(-c2ccccc2Cl)n1)c1ccccc1C(F)(F)F. The Bertz CT molecular complexity index is 1320. The molecular formula is C23H16Cl3F3N4O. The Kier molecular flexibility index (Phi) is 7.57. The molecule has 0 radical (unpaired) electrons. The minimum atomic E-state index is -4.69. The molecule has 0 saturated heterocycles. The van der Waals surface area contributed by atoms with Gasteiger partial charge in [-0.3, -0.25) is 9.36 Å². The van der Waals surface area contributed by atoms with Gasteiger partial charge in [-0.1, -0.05) is 47.5 Å². The summed E-state index contributed by atoms with van der Waals surface area (Å²) < 4.78 is 41.9. The van der Waals surface area contributed by atoms with E-state index in [1.807, 2.05) is 0 Å². The van der Waals surface area contributed by atoms with Crippen LogP contribution in [0.25, 0.3) is 17.1 Å². The van der Waals surface area contributed by atoms with Crippen molar-refractivity contribution >= 4 is 47.2 Å². The molecule has 1 aromatic heterocycles. The van der Waals surface area contributed by atoms with Crippen LogP contribution in [0.5, 0.6) is 0 Å². The van der Waals surface area contributed by atoms with Gasteiger partial charge in [0.2, 0.25) is 0 Å². The van der Waals surface area contributed by atoms with Gasteiger partial charge < -0.3 is 0 Å². The van der Waals surface area contributed by atoms with Gasteiger partial charge >= 0.3 is 6.18 Å². The number of benzene rings is 3. The number of alkyl halides is 3. The quantitative estimate of drug-likeness (QED) is 0.180. The fraction of sp³-hybridized carbons (Fsp3) is 0.0435. The molecule has 1 heterocycles. The molecule has 176 valence electrons. The number of hydrazine groups is 1. The highest BCUT2D eigenvalue weighted by Gasteiger charge is 2.36. The van der Waals surface area contributed by atoms with Crippen molar-refractivity contribution in [1.82, 2.24) is 9.55 Å². The van der Waals surface area contributed by atoms with Gasteiger partial charge in [0, 0.05) is 22.5 Å². The summed E-state index contributed by atoms with van der Waals surface area (Å²) in [7, 11) is 0. The van der Waals surface area contributed by atoms with Crippen molar-refractivity contribution in [3.63, 3.8) is 0 Å². The molecule has 4 rings (SSSR count). The van der Waals surface area contributed by atoms with Gasteiger partial charge in [-0.2, -0.15) is 13.2 Å². The van der Waals surface area contributed by atoms with Crippen LogP contribution in [0.2, 0.25) is 10.0 Å². The molecule has 0 unspecified atom stereocenters. The molecule has 3 aromatic carbocycles. The topological polar surface area (TPSA) is 64.2 Å². The average molecular weight is 528 g/mol. The van der Waals surface area contributed by atoms with Crippen LogP contribution in [0.15, 0.2) is 79.0 Å². The van der Waals surface area contributed by atoms with Crippen molar-refractivity contribution in [2.45, 2.75) is 6.18 Å². The molecule has 5 nitrogen and oxygen atoms in total. The van der Waals surface area contributed by atoms with Gasteiger partial charge in [-0.05, 0) is 48.5 Å². The smallest absolute Gasteiger partial charge is 0.299 e. The number of nitrogens with two attached hydrogens (primary N) is 1. The van der Waals surface area contributed by atoms with Gasteiger partial charge in [-0.25, -0.2) is 15.8 Å². The number of anilines is 1. The third-order valence-corrected chi connectivity index (χ3v) is 5.41. The number of hydrogen-bond acceptors (Lipinski definition) is 3. The van der Waals surface area contributed by atoms with Crippen molar-refractivity contribution in [1.29, 1.82) is 0 Å². The van der Waals surface area contributed by atoms with E-state index in [9.17, 15) is 18.0 Å². The first-order chi connectivity index (χ1) is 15.7. The molecule has 11 heteroatoms.